The molecule has 2 amide bonds. The first-order chi connectivity index (χ1) is 20.5. The van der Waals surface area contributed by atoms with Crippen LogP contribution in [0.3, 0.4) is 0 Å². The second kappa shape index (κ2) is 12.0. The Bertz CT molecular complexity index is 1740. The first-order valence-electron chi connectivity index (χ1n) is 12.9. The van der Waals surface area contributed by atoms with Gasteiger partial charge >= 0.3 is 6.36 Å². The van der Waals surface area contributed by atoms with E-state index >= 15 is 0 Å². The highest BCUT2D eigenvalue weighted by Gasteiger charge is 2.34. The SMILES string of the molecule is CC(C)c1ccccc1N1C(=O)CS/C1=C(/C#N)C(=O)Nc1ccc(-c2ncn(-c3ccc(OC(F)(F)F)cc3)n2)cc1. The number of alkyl halides is 3. The molecule has 0 bridgehead atoms. The Hall–Kier alpha value is -5.09. The summed E-state index contributed by atoms with van der Waals surface area (Å²) in [6, 6.07) is 21.2. The lowest BCUT2D eigenvalue weighted by Crippen LogP contribution is -2.28. The van der Waals surface area contributed by atoms with E-state index in [1.807, 2.05) is 38.1 Å². The monoisotopic (exact) mass is 604 g/mol. The average molecular weight is 605 g/mol. The Morgan fingerprint density at radius 3 is 2.42 bits per heavy atom. The third kappa shape index (κ3) is 6.54. The van der Waals surface area contributed by atoms with Gasteiger partial charge in [-0.2, -0.15) is 5.26 Å². The molecule has 1 fully saturated rings. The van der Waals surface area contributed by atoms with Gasteiger partial charge in [-0.3, -0.25) is 14.5 Å². The summed E-state index contributed by atoms with van der Waals surface area (Å²) < 4.78 is 42.5. The van der Waals surface area contributed by atoms with Crippen LogP contribution < -0.4 is 15.0 Å². The van der Waals surface area contributed by atoms with Crippen LogP contribution in [0.4, 0.5) is 24.5 Å². The molecule has 0 spiro atoms. The number of ether oxygens (including phenoxy) is 1. The maximum absolute atomic E-state index is 13.2. The van der Waals surface area contributed by atoms with E-state index < -0.39 is 12.3 Å². The number of hydrogen-bond donors (Lipinski definition) is 1. The molecule has 0 atom stereocenters. The number of carbonyl (C=O) groups is 2. The third-order valence-electron chi connectivity index (χ3n) is 6.36. The number of nitrogens with zero attached hydrogens (tertiary/aromatic N) is 5. The van der Waals surface area contributed by atoms with Crippen LogP contribution in [0.15, 0.2) is 89.7 Å². The number of amides is 2. The van der Waals surface area contributed by atoms with Gasteiger partial charge in [0, 0.05) is 11.3 Å². The summed E-state index contributed by atoms with van der Waals surface area (Å²) in [7, 11) is 0. The number of nitrogens with one attached hydrogen (secondary N) is 1. The number of carbonyl (C=O) groups excluding carboxylic acids is 2. The van der Waals surface area contributed by atoms with Gasteiger partial charge in [-0.15, -0.1) is 18.3 Å². The maximum atomic E-state index is 13.2. The molecule has 2 heterocycles. The van der Waals surface area contributed by atoms with E-state index in [9.17, 15) is 28.0 Å². The molecule has 1 aromatic heterocycles. The molecule has 218 valence electrons. The Morgan fingerprint density at radius 2 is 1.77 bits per heavy atom. The minimum Gasteiger partial charge on any atom is -0.406 e. The quantitative estimate of drug-likeness (QED) is 0.192. The predicted molar refractivity (Wildman–Crippen MR) is 155 cm³/mol. The number of para-hydroxylation sites is 1. The molecular weight excluding hydrogens is 581 g/mol. The van der Waals surface area contributed by atoms with Gasteiger partial charge in [0.1, 0.15) is 28.7 Å². The highest BCUT2D eigenvalue weighted by atomic mass is 32.2. The molecule has 1 aliphatic rings. The number of hydrogen-bond acceptors (Lipinski definition) is 7. The van der Waals surface area contributed by atoms with Gasteiger partial charge in [-0.1, -0.05) is 43.8 Å². The van der Waals surface area contributed by atoms with Crippen molar-refractivity contribution in [1.82, 2.24) is 14.8 Å². The van der Waals surface area contributed by atoms with E-state index in [2.05, 4.69) is 20.1 Å². The smallest absolute Gasteiger partial charge is 0.406 e. The molecule has 1 aliphatic heterocycles. The van der Waals surface area contributed by atoms with Crippen LogP contribution in [0.2, 0.25) is 0 Å². The first kappa shape index (κ1) is 29.4. The van der Waals surface area contributed by atoms with Crippen LogP contribution >= 0.6 is 11.8 Å². The zero-order valence-electron chi connectivity index (χ0n) is 22.8. The summed E-state index contributed by atoms with van der Waals surface area (Å²) in [5, 5.41) is 17.3. The van der Waals surface area contributed by atoms with E-state index in [4.69, 9.17) is 0 Å². The molecule has 0 unspecified atom stereocenters. The fraction of sp³-hybridized carbons (Fsp3) is 0.167. The van der Waals surface area contributed by atoms with E-state index in [-0.39, 0.29) is 33.9 Å². The van der Waals surface area contributed by atoms with Gasteiger partial charge in [0.2, 0.25) is 5.91 Å². The molecule has 5 rings (SSSR count). The molecule has 0 aliphatic carbocycles. The van der Waals surface area contributed by atoms with Crippen molar-refractivity contribution in [3.8, 4) is 28.9 Å². The second-order valence-corrected chi connectivity index (χ2v) is 10.6. The van der Waals surface area contributed by atoms with Crippen molar-refractivity contribution in [2.45, 2.75) is 26.1 Å². The summed E-state index contributed by atoms with van der Waals surface area (Å²) in [6.07, 6.45) is -3.37. The Balaban J connectivity index is 1.32. The fourth-order valence-corrected chi connectivity index (χ4v) is 5.39. The van der Waals surface area contributed by atoms with Gasteiger partial charge in [-0.05, 0) is 66.1 Å². The summed E-state index contributed by atoms with van der Waals surface area (Å²) in [6.45, 7) is 4.01. The van der Waals surface area contributed by atoms with E-state index in [1.54, 1.807) is 30.3 Å². The van der Waals surface area contributed by atoms with Crippen molar-refractivity contribution < 1.29 is 27.5 Å². The lowest BCUT2D eigenvalue weighted by atomic mass is 10.0. The van der Waals surface area contributed by atoms with Crippen LogP contribution in [0.5, 0.6) is 5.75 Å². The highest BCUT2D eigenvalue weighted by molar-refractivity contribution is 8.04. The molecule has 13 heteroatoms. The number of anilines is 2. The normalized spacial score (nSPS) is 14.5. The van der Waals surface area contributed by atoms with Crippen molar-refractivity contribution in [3.63, 3.8) is 0 Å². The highest BCUT2D eigenvalue weighted by Crippen LogP contribution is 2.39. The lowest BCUT2D eigenvalue weighted by molar-refractivity contribution is -0.274. The number of rotatable bonds is 7. The fourth-order valence-electron chi connectivity index (χ4n) is 4.39. The molecule has 1 saturated heterocycles. The van der Waals surface area contributed by atoms with Crippen molar-refractivity contribution in [2.75, 3.05) is 16.0 Å². The Kier molecular flexibility index (Phi) is 8.22. The number of thioether (sulfide) groups is 1. The topological polar surface area (TPSA) is 113 Å². The molecule has 9 nitrogen and oxygen atoms in total. The summed E-state index contributed by atoms with van der Waals surface area (Å²) in [5.74, 6) is -0.646. The van der Waals surface area contributed by atoms with Crippen LogP contribution in [-0.4, -0.2) is 38.7 Å². The first-order valence-corrected chi connectivity index (χ1v) is 13.9. The number of aromatic nitrogens is 3. The van der Waals surface area contributed by atoms with E-state index in [0.29, 0.717) is 28.5 Å². The van der Waals surface area contributed by atoms with E-state index in [0.717, 1.165) is 17.3 Å². The Morgan fingerprint density at radius 1 is 1.07 bits per heavy atom. The largest absolute Gasteiger partial charge is 0.573 e. The summed E-state index contributed by atoms with van der Waals surface area (Å²) in [4.78, 5) is 31.8. The van der Waals surface area contributed by atoms with E-state index in [1.165, 1.54) is 40.2 Å². The average Bonchev–Trinajstić information content (AvgIpc) is 3.61. The van der Waals surface area contributed by atoms with Crippen molar-refractivity contribution >= 4 is 35.0 Å². The standard InChI is InChI=1S/C30H23F3N6O3S/c1-18(2)23-5-3-4-6-25(23)39-26(40)16-43-29(39)24(15-34)28(41)36-20-9-7-19(8-10-20)27-35-17-38(37-27)21-11-13-22(14-12-21)42-30(31,32)33/h3-14,17-18H,16H2,1-2H3,(H,36,41)/b29-24-. The zero-order chi connectivity index (χ0) is 30.7. The van der Waals surface area contributed by atoms with Gasteiger partial charge in [0.05, 0.1) is 17.1 Å². The van der Waals surface area contributed by atoms with Crippen LogP contribution in [0, 0.1) is 11.3 Å². The van der Waals surface area contributed by atoms with Crippen LogP contribution in [0.1, 0.15) is 25.3 Å². The van der Waals surface area contributed by atoms with Crippen molar-refractivity contribution in [1.29, 1.82) is 5.26 Å². The van der Waals surface area contributed by atoms with Gasteiger partial charge in [-0.25, -0.2) is 9.67 Å². The zero-order valence-corrected chi connectivity index (χ0v) is 23.6. The van der Waals surface area contributed by atoms with Gasteiger partial charge in [0.25, 0.3) is 5.91 Å². The van der Waals surface area contributed by atoms with Crippen LogP contribution in [0.25, 0.3) is 17.1 Å². The lowest BCUT2D eigenvalue weighted by Gasteiger charge is -2.23. The molecule has 4 aromatic rings. The minimum atomic E-state index is -4.78. The van der Waals surface area contributed by atoms with Crippen LogP contribution in [-0.2, 0) is 9.59 Å². The number of nitriles is 1. The minimum absolute atomic E-state index is 0.111. The van der Waals surface area contributed by atoms with Gasteiger partial charge < -0.3 is 10.1 Å². The number of benzene rings is 3. The van der Waals surface area contributed by atoms with Crippen molar-refractivity contribution in [2.24, 2.45) is 0 Å². The molecule has 43 heavy (non-hydrogen) atoms. The molecule has 1 N–H and O–H groups in total. The Labute approximate surface area is 248 Å². The third-order valence-corrected chi connectivity index (χ3v) is 7.42. The summed E-state index contributed by atoms with van der Waals surface area (Å²) in [5.41, 5.74) is 2.89. The number of halogens is 3. The molecule has 3 aromatic carbocycles. The summed E-state index contributed by atoms with van der Waals surface area (Å²) >= 11 is 1.15. The molecule has 0 radical (unpaired) electrons. The molecule has 0 saturated carbocycles. The second-order valence-electron chi connectivity index (χ2n) is 9.61. The predicted octanol–water partition coefficient (Wildman–Crippen LogP) is 6.41. The maximum Gasteiger partial charge on any atom is 0.573 e. The van der Waals surface area contributed by atoms with Gasteiger partial charge in [0.15, 0.2) is 5.82 Å². The van der Waals surface area contributed by atoms with Crippen molar-refractivity contribution in [3.05, 3.63) is 95.3 Å². The molecular formula is C30H23F3N6O3S.